The Morgan fingerprint density at radius 2 is 1.95 bits per heavy atom. The molecule has 0 saturated heterocycles. The van der Waals surface area contributed by atoms with Crippen LogP contribution in [0.15, 0.2) is 54.3 Å². The number of hydrogen-bond donors (Lipinski definition) is 0. The van der Waals surface area contributed by atoms with E-state index in [1.807, 2.05) is 18.2 Å². The first kappa shape index (κ1) is 16.0. The van der Waals surface area contributed by atoms with Crippen molar-refractivity contribution < 1.29 is 14.3 Å². The molecule has 3 nitrogen and oxygen atoms in total. The van der Waals surface area contributed by atoms with Crippen molar-refractivity contribution in [2.24, 2.45) is 0 Å². The molecule has 0 spiro atoms. The van der Waals surface area contributed by atoms with Gasteiger partial charge in [0.1, 0.15) is 12.4 Å². The highest BCUT2D eigenvalue weighted by Gasteiger charge is 2.13. The van der Waals surface area contributed by atoms with E-state index in [0.717, 1.165) is 6.42 Å². The zero-order valence-corrected chi connectivity index (χ0v) is 12.2. The van der Waals surface area contributed by atoms with Gasteiger partial charge in [0.15, 0.2) is 0 Å². The van der Waals surface area contributed by atoms with E-state index in [1.54, 1.807) is 19.9 Å². The lowest BCUT2D eigenvalue weighted by atomic mass is 10.1. The molecule has 0 N–H and O–H groups in total. The number of ether oxygens (including phenoxy) is 2. The largest absolute Gasteiger partial charge is 0.493 e. The molecular formula is C17H22O3. The molecule has 0 heterocycles. The molecule has 0 atom stereocenters. The predicted molar refractivity (Wildman–Crippen MR) is 80.2 cm³/mol. The van der Waals surface area contributed by atoms with Gasteiger partial charge < -0.3 is 9.47 Å². The van der Waals surface area contributed by atoms with Crippen LogP contribution < -0.4 is 0 Å². The highest BCUT2D eigenvalue weighted by molar-refractivity contribution is 5.88. The van der Waals surface area contributed by atoms with Crippen molar-refractivity contribution in [2.75, 3.05) is 13.2 Å². The fraction of sp³-hybridized carbons (Fsp3) is 0.353. The van der Waals surface area contributed by atoms with Gasteiger partial charge in [-0.2, -0.15) is 0 Å². The number of aryl methyl sites for hydroxylation is 1. The summed E-state index contributed by atoms with van der Waals surface area (Å²) in [6.45, 7) is 7.91. The van der Waals surface area contributed by atoms with Crippen molar-refractivity contribution in [1.82, 2.24) is 0 Å². The monoisotopic (exact) mass is 274 g/mol. The maximum absolute atomic E-state index is 11.8. The fourth-order valence-electron chi connectivity index (χ4n) is 1.78. The van der Waals surface area contributed by atoms with Gasteiger partial charge in [-0.25, -0.2) is 4.79 Å². The van der Waals surface area contributed by atoms with E-state index in [2.05, 4.69) is 18.7 Å². The Bertz CT molecular complexity index is 460. The lowest BCUT2D eigenvalue weighted by Crippen LogP contribution is -2.10. The second-order valence-corrected chi connectivity index (χ2v) is 4.35. The summed E-state index contributed by atoms with van der Waals surface area (Å²) in [6.07, 6.45) is 3.16. The number of benzene rings is 1. The first-order valence-electron chi connectivity index (χ1n) is 6.83. The van der Waals surface area contributed by atoms with Gasteiger partial charge in [-0.15, -0.1) is 0 Å². The summed E-state index contributed by atoms with van der Waals surface area (Å²) in [5.74, 6) is 0.354. The number of carbonyl (C=O) groups is 1. The van der Waals surface area contributed by atoms with E-state index in [-0.39, 0.29) is 5.97 Å². The van der Waals surface area contributed by atoms with Crippen LogP contribution in [0.25, 0.3) is 0 Å². The van der Waals surface area contributed by atoms with Crippen LogP contribution in [0.4, 0.5) is 0 Å². The second kappa shape index (κ2) is 8.97. The molecule has 0 saturated carbocycles. The molecule has 0 unspecified atom stereocenters. The number of allylic oxidation sites excluding steroid dienone is 1. The van der Waals surface area contributed by atoms with E-state index in [4.69, 9.17) is 9.47 Å². The van der Waals surface area contributed by atoms with Crippen molar-refractivity contribution >= 4 is 5.97 Å². The quantitative estimate of drug-likeness (QED) is 0.314. The van der Waals surface area contributed by atoms with E-state index in [1.165, 1.54) is 5.56 Å². The van der Waals surface area contributed by atoms with Crippen LogP contribution in [0.5, 0.6) is 0 Å². The van der Waals surface area contributed by atoms with E-state index in [9.17, 15) is 4.79 Å². The van der Waals surface area contributed by atoms with Crippen molar-refractivity contribution in [1.29, 1.82) is 0 Å². The fourth-order valence-corrected chi connectivity index (χ4v) is 1.78. The van der Waals surface area contributed by atoms with E-state index in [0.29, 0.717) is 31.0 Å². The van der Waals surface area contributed by atoms with E-state index >= 15 is 0 Å². The zero-order chi connectivity index (χ0) is 14.8. The average Bonchev–Trinajstić information content (AvgIpc) is 2.48. The number of rotatable bonds is 8. The molecule has 20 heavy (non-hydrogen) atoms. The Morgan fingerprint density at radius 3 is 2.55 bits per heavy atom. The SMILES string of the molecule is C=CCO/C(CCc1ccccc1)=C(/C)C(=O)OCC. The minimum atomic E-state index is -0.320. The Labute approximate surface area is 120 Å². The third-order valence-electron chi connectivity index (χ3n) is 2.86. The summed E-state index contributed by atoms with van der Waals surface area (Å²) >= 11 is 0. The summed E-state index contributed by atoms with van der Waals surface area (Å²) in [5.41, 5.74) is 1.74. The van der Waals surface area contributed by atoms with Gasteiger partial charge >= 0.3 is 5.97 Å². The first-order valence-corrected chi connectivity index (χ1v) is 6.83. The Balaban J connectivity index is 2.75. The minimum absolute atomic E-state index is 0.320. The number of hydrogen-bond acceptors (Lipinski definition) is 3. The van der Waals surface area contributed by atoms with Gasteiger partial charge in [-0.1, -0.05) is 43.0 Å². The molecule has 0 aliphatic carbocycles. The molecule has 1 aromatic rings. The van der Waals surface area contributed by atoms with Gasteiger partial charge in [0.2, 0.25) is 0 Å². The molecule has 1 aromatic carbocycles. The molecule has 0 amide bonds. The number of carbonyl (C=O) groups excluding carboxylic acids is 1. The summed E-state index contributed by atoms with van der Waals surface area (Å²) in [4.78, 5) is 11.8. The normalized spacial score (nSPS) is 11.5. The Hall–Kier alpha value is -2.03. The molecule has 108 valence electrons. The highest BCUT2D eigenvalue weighted by atomic mass is 16.5. The Morgan fingerprint density at radius 1 is 1.25 bits per heavy atom. The van der Waals surface area contributed by atoms with Crippen LogP contribution in [0, 0.1) is 0 Å². The minimum Gasteiger partial charge on any atom is -0.493 e. The molecule has 1 rings (SSSR count). The van der Waals surface area contributed by atoms with Gasteiger partial charge in [0.25, 0.3) is 0 Å². The maximum atomic E-state index is 11.8. The summed E-state index contributed by atoms with van der Waals surface area (Å²) in [6, 6.07) is 10.1. The third kappa shape index (κ3) is 5.31. The van der Waals surface area contributed by atoms with Crippen LogP contribution in [-0.4, -0.2) is 19.2 Å². The van der Waals surface area contributed by atoms with Crippen LogP contribution in [0.3, 0.4) is 0 Å². The van der Waals surface area contributed by atoms with Crippen LogP contribution in [-0.2, 0) is 20.7 Å². The average molecular weight is 274 g/mol. The lowest BCUT2D eigenvalue weighted by molar-refractivity contribution is -0.138. The standard InChI is InChI=1S/C17H22O3/c1-4-13-20-16(14(3)17(18)19-5-2)12-11-15-9-7-6-8-10-15/h4,6-10H,1,5,11-13H2,2-3H3/b16-14-. The summed E-state index contributed by atoms with van der Waals surface area (Å²) < 4.78 is 10.6. The smallest absolute Gasteiger partial charge is 0.337 e. The maximum Gasteiger partial charge on any atom is 0.337 e. The molecule has 0 aliphatic heterocycles. The third-order valence-corrected chi connectivity index (χ3v) is 2.86. The highest BCUT2D eigenvalue weighted by Crippen LogP contribution is 2.16. The first-order chi connectivity index (χ1) is 9.69. The second-order valence-electron chi connectivity index (χ2n) is 4.35. The topological polar surface area (TPSA) is 35.5 Å². The van der Waals surface area contributed by atoms with Crippen molar-refractivity contribution in [3.8, 4) is 0 Å². The van der Waals surface area contributed by atoms with Crippen molar-refractivity contribution in [3.05, 3.63) is 59.9 Å². The van der Waals surface area contributed by atoms with Crippen LogP contribution in [0.2, 0.25) is 0 Å². The molecule has 0 fully saturated rings. The summed E-state index contributed by atoms with van der Waals surface area (Å²) in [5, 5.41) is 0. The molecule has 0 aromatic heterocycles. The van der Waals surface area contributed by atoms with Crippen molar-refractivity contribution in [2.45, 2.75) is 26.7 Å². The van der Waals surface area contributed by atoms with Crippen LogP contribution in [0.1, 0.15) is 25.8 Å². The summed E-state index contributed by atoms with van der Waals surface area (Å²) in [7, 11) is 0. The van der Waals surface area contributed by atoms with E-state index < -0.39 is 0 Å². The molecule has 0 radical (unpaired) electrons. The van der Waals surface area contributed by atoms with Gasteiger partial charge in [0.05, 0.1) is 12.2 Å². The van der Waals surface area contributed by atoms with Gasteiger partial charge in [0, 0.05) is 6.42 Å². The molecule has 0 aliphatic rings. The van der Waals surface area contributed by atoms with Gasteiger partial charge in [-0.3, -0.25) is 0 Å². The number of esters is 1. The van der Waals surface area contributed by atoms with Crippen LogP contribution >= 0.6 is 0 Å². The molecule has 3 heteroatoms. The zero-order valence-electron chi connectivity index (χ0n) is 12.2. The molecule has 0 bridgehead atoms. The van der Waals surface area contributed by atoms with Crippen molar-refractivity contribution in [3.63, 3.8) is 0 Å². The van der Waals surface area contributed by atoms with Gasteiger partial charge in [-0.05, 0) is 25.8 Å². The predicted octanol–water partition coefficient (Wildman–Crippen LogP) is 3.66. The molecular weight excluding hydrogens is 252 g/mol. The Kier molecular flexibility index (Phi) is 7.18. The lowest BCUT2D eigenvalue weighted by Gasteiger charge is -2.12.